The number of hydrogen-bond acceptors (Lipinski definition) is 5. The van der Waals surface area contributed by atoms with Gasteiger partial charge in [0.15, 0.2) is 5.01 Å². The van der Waals surface area contributed by atoms with Crippen molar-refractivity contribution in [3.63, 3.8) is 0 Å². The third-order valence-electron chi connectivity index (χ3n) is 1.51. The molecule has 5 N–H and O–H groups in total. The number of hydrogen-bond donors (Lipinski definition) is 3. The summed E-state index contributed by atoms with van der Waals surface area (Å²) < 4.78 is 0.964. The van der Waals surface area contributed by atoms with Crippen molar-refractivity contribution in [1.29, 1.82) is 5.26 Å². The number of carbonyl (C=O) groups is 1. The van der Waals surface area contributed by atoms with Crippen LogP contribution in [0.1, 0.15) is 5.01 Å². The Balaban J connectivity index is 0.000000280. The van der Waals surface area contributed by atoms with Gasteiger partial charge in [-0.05, 0) is 18.2 Å². The monoisotopic (exact) mass is 236 g/mol. The van der Waals surface area contributed by atoms with E-state index in [1.54, 1.807) is 6.07 Å². The Labute approximate surface area is 94.7 Å². The van der Waals surface area contributed by atoms with Crippen LogP contribution >= 0.6 is 11.3 Å². The maximum atomic E-state index is 8.78. The Morgan fingerprint density at radius 1 is 1.56 bits per heavy atom. The van der Waals surface area contributed by atoms with Gasteiger partial charge in [0.25, 0.3) is 0 Å². The summed E-state index contributed by atoms with van der Waals surface area (Å²) in [5.41, 5.74) is 11.1. The number of rotatable bonds is 0. The van der Waals surface area contributed by atoms with Crippen LogP contribution in [0.25, 0.3) is 10.2 Å². The molecule has 0 spiro atoms. The van der Waals surface area contributed by atoms with Crippen molar-refractivity contribution in [2.24, 2.45) is 5.73 Å². The number of primary amides is 1. The fraction of sp³-hybridized carbons (Fsp3) is 0. The molecule has 6 nitrogen and oxygen atoms in total. The summed E-state index contributed by atoms with van der Waals surface area (Å²) in [7, 11) is 0. The van der Waals surface area contributed by atoms with Crippen molar-refractivity contribution >= 4 is 33.3 Å². The second kappa shape index (κ2) is 4.95. The van der Waals surface area contributed by atoms with Crippen molar-refractivity contribution < 1.29 is 9.90 Å². The van der Waals surface area contributed by atoms with Gasteiger partial charge in [-0.2, -0.15) is 5.26 Å². The topological polar surface area (TPSA) is 126 Å². The zero-order valence-electron chi connectivity index (χ0n) is 8.04. The molecule has 0 saturated carbocycles. The smallest absolute Gasteiger partial charge is 0.402 e. The number of fused-ring (bicyclic) bond motifs is 1. The summed E-state index contributed by atoms with van der Waals surface area (Å²) in [6.07, 6.45) is -1.33. The molecule has 7 heteroatoms. The first-order valence-corrected chi connectivity index (χ1v) is 4.89. The van der Waals surface area contributed by atoms with E-state index >= 15 is 0 Å². The highest BCUT2D eigenvalue weighted by Crippen LogP contribution is 2.23. The molecule has 1 aromatic heterocycles. The van der Waals surface area contributed by atoms with Crippen molar-refractivity contribution in [2.45, 2.75) is 0 Å². The second-order valence-corrected chi connectivity index (χ2v) is 3.73. The Morgan fingerprint density at radius 2 is 2.19 bits per heavy atom. The van der Waals surface area contributed by atoms with Crippen LogP contribution in [0.5, 0.6) is 0 Å². The van der Waals surface area contributed by atoms with Gasteiger partial charge in [-0.1, -0.05) is 0 Å². The lowest BCUT2D eigenvalue weighted by atomic mass is 10.3. The number of aromatic nitrogens is 1. The zero-order valence-corrected chi connectivity index (χ0v) is 8.86. The molecule has 0 fully saturated rings. The van der Waals surface area contributed by atoms with E-state index < -0.39 is 6.09 Å². The van der Waals surface area contributed by atoms with Gasteiger partial charge in [-0.25, -0.2) is 9.78 Å². The third kappa shape index (κ3) is 3.11. The highest BCUT2D eigenvalue weighted by molar-refractivity contribution is 7.19. The molecule has 1 amide bonds. The van der Waals surface area contributed by atoms with Crippen molar-refractivity contribution in [1.82, 2.24) is 4.98 Å². The summed E-state index contributed by atoms with van der Waals surface area (Å²) in [6, 6.07) is 7.43. The second-order valence-electron chi connectivity index (χ2n) is 2.70. The van der Waals surface area contributed by atoms with Crippen LogP contribution in [0.2, 0.25) is 0 Å². The lowest BCUT2D eigenvalue weighted by molar-refractivity contribution is 0.205. The maximum absolute atomic E-state index is 8.78. The summed E-state index contributed by atoms with van der Waals surface area (Å²) in [4.78, 5) is 12.9. The van der Waals surface area contributed by atoms with Crippen LogP contribution in [0.4, 0.5) is 10.5 Å². The molecule has 0 aliphatic rings. The van der Waals surface area contributed by atoms with E-state index in [2.05, 4.69) is 10.7 Å². The molecule has 0 radical (unpaired) electrons. The molecule has 2 rings (SSSR count). The Bertz CT molecular complexity index is 554. The van der Waals surface area contributed by atoms with Gasteiger partial charge in [-0.3, -0.25) is 0 Å². The van der Waals surface area contributed by atoms with Crippen molar-refractivity contribution in [3.05, 3.63) is 23.2 Å². The summed E-state index contributed by atoms with van der Waals surface area (Å²) in [6.45, 7) is 0. The number of carboxylic acid groups (broad SMARTS) is 1. The van der Waals surface area contributed by atoms with Gasteiger partial charge < -0.3 is 16.6 Å². The maximum Gasteiger partial charge on any atom is 0.402 e. The largest absolute Gasteiger partial charge is 0.465 e. The molecule has 1 aromatic carbocycles. The first-order chi connectivity index (χ1) is 7.52. The van der Waals surface area contributed by atoms with Gasteiger partial charge in [0, 0.05) is 5.69 Å². The predicted octanol–water partition coefficient (Wildman–Crippen LogP) is 1.37. The van der Waals surface area contributed by atoms with Crippen LogP contribution in [0.3, 0.4) is 0 Å². The number of nitrogens with zero attached hydrogens (tertiary/aromatic N) is 2. The van der Waals surface area contributed by atoms with Crippen LogP contribution in [-0.2, 0) is 0 Å². The van der Waals surface area contributed by atoms with Gasteiger partial charge in [0.05, 0.1) is 10.2 Å². The van der Waals surface area contributed by atoms with E-state index in [1.807, 2.05) is 18.2 Å². The number of benzene rings is 1. The Hall–Kier alpha value is -2.33. The van der Waals surface area contributed by atoms with E-state index in [-0.39, 0.29) is 0 Å². The predicted molar refractivity (Wildman–Crippen MR) is 61.0 cm³/mol. The third-order valence-corrected chi connectivity index (χ3v) is 2.43. The average Bonchev–Trinajstić information content (AvgIpc) is 2.58. The molecule has 0 unspecified atom stereocenters. The normalized spacial score (nSPS) is 8.94. The van der Waals surface area contributed by atoms with Crippen molar-refractivity contribution in [2.75, 3.05) is 5.73 Å². The highest BCUT2D eigenvalue weighted by atomic mass is 32.1. The Morgan fingerprint density at radius 3 is 2.75 bits per heavy atom. The molecule has 0 aliphatic heterocycles. The van der Waals surface area contributed by atoms with Crippen LogP contribution in [-0.4, -0.2) is 16.2 Å². The van der Waals surface area contributed by atoms with Crippen LogP contribution < -0.4 is 11.5 Å². The quantitative estimate of drug-likeness (QED) is 0.595. The summed E-state index contributed by atoms with van der Waals surface area (Å²) in [5.74, 6) is 0. The fourth-order valence-electron chi connectivity index (χ4n) is 0.989. The molecular formula is C9H8N4O2S. The van der Waals surface area contributed by atoms with E-state index in [9.17, 15) is 0 Å². The number of nitrogens with two attached hydrogens (primary N) is 2. The number of thiazole rings is 1. The molecule has 82 valence electrons. The van der Waals surface area contributed by atoms with Gasteiger partial charge in [-0.15, -0.1) is 11.3 Å². The van der Waals surface area contributed by atoms with E-state index in [4.69, 9.17) is 20.9 Å². The molecule has 16 heavy (non-hydrogen) atoms. The van der Waals surface area contributed by atoms with Gasteiger partial charge in [0.2, 0.25) is 0 Å². The highest BCUT2D eigenvalue weighted by Gasteiger charge is 2.01. The minimum Gasteiger partial charge on any atom is -0.465 e. The average molecular weight is 236 g/mol. The zero-order chi connectivity index (χ0) is 12.1. The Kier molecular flexibility index (Phi) is 3.63. The van der Waals surface area contributed by atoms with Crippen molar-refractivity contribution in [3.8, 4) is 6.07 Å². The number of nitriles is 1. The summed E-state index contributed by atoms with van der Waals surface area (Å²) >= 11 is 1.36. The van der Waals surface area contributed by atoms with Crippen LogP contribution in [0.15, 0.2) is 18.2 Å². The molecule has 0 saturated heterocycles. The molecule has 0 aliphatic carbocycles. The lowest BCUT2D eigenvalue weighted by Crippen LogP contribution is -2.03. The number of nitrogen functional groups attached to an aromatic ring is 1. The first-order valence-electron chi connectivity index (χ1n) is 4.07. The standard InChI is InChI=1S/C8H5N3S.CH3NO2/c9-4-8-11-6-2-1-5(10)3-7(6)12-8;2-1(3)4/h1-3H,10H2;2H2,(H,3,4). The summed E-state index contributed by atoms with van der Waals surface area (Å²) in [5, 5.41) is 16.3. The fourth-order valence-corrected chi connectivity index (χ4v) is 1.80. The minimum atomic E-state index is -1.33. The lowest BCUT2D eigenvalue weighted by Gasteiger charge is -1.88. The SMILES string of the molecule is N#Cc1nc2ccc(N)cc2s1.NC(=O)O. The molecular weight excluding hydrogens is 228 g/mol. The molecule has 2 aromatic rings. The van der Waals surface area contributed by atoms with Gasteiger partial charge in [0.1, 0.15) is 6.07 Å². The minimum absolute atomic E-state index is 0.482. The molecule has 1 heterocycles. The molecule has 0 atom stereocenters. The number of anilines is 1. The van der Waals surface area contributed by atoms with E-state index in [0.717, 1.165) is 10.2 Å². The number of amides is 1. The first kappa shape index (κ1) is 11.7. The van der Waals surface area contributed by atoms with E-state index in [1.165, 1.54) is 11.3 Å². The van der Waals surface area contributed by atoms with E-state index in [0.29, 0.717) is 10.7 Å². The van der Waals surface area contributed by atoms with Gasteiger partial charge >= 0.3 is 6.09 Å². The van der Waals surface area contributed by atoms with Crippen LogP contribution in [0, 0.1) is 11.3 Å². The molecule has 0 bridgehead atoms.